The lowest BCUT2D eigenvalue weighted by molar-refractivity contribution is -0.117. The van der Waals surface area contributed by atoms with Crippen molar-refractivity contribution in [3.05, 3.63) is 53.5 Å². The van der Waals surface area contributed by atoms with Gasteiger partial charge in [-0.2, -0.15) is 13.2 Å². The van der Waals surface area contributed by atoms with Gasteiger partial charge in [-0.15, -0.1) is 0 Å². The van der Waals surface area contributed by atoms with Gasteiger partial charge in [-0.1, -0.05) is 12.1 Å². The molecule has 1 fully saturated rings. The van der Waals surface area contributed by atoms with Gasteiger partial charge in [0.15, 0.2) is 0 Å². The summed E-state index contributed by atoms with van der Waals surface area (Å²) in [7, 11) is 0. The average molecular weight is 370 g/mol. The van der Waals surface area contributed by atoms with Crippen molar-refractivity contribution in [3.8, 4) is 0 Å². The lowest BCUT2D eigenvalue weighted by atomic mass is 10.0. The summed E-state index contributed by atoms with van der Waals surface area (Å²) < 4.78 is 41.9. The van der Waals surface area contributed by atoms with Gasteiger partial charge >= 0.3 is 6.18 Å². The Morgan fingerprint density at radius 1 is 1.35 bits per heavy atom. The van der Waals surface area contributed by atoms with Gasteiger partial charge in [-0.3, -0.25) is 14.7 Å². The van der Waals surface area contributed by atoms with Crippen molar-refractivity contribution < 1.29 is 22.7 Å². The number of morpholine rings is 1. The van der Waals surface area contributed by atoms with Crippen LogP contribution in [-0.2, 0) is 16.1 Å². The van der Waals surface area contributed by atoms with Crippen molar-refractivity contribution in [2.75, 3.05) is 32.8 Å². The van der Waals surface area contributed by atoms with Crippen molar-refractivity contribution in [1.29, 1.82) is 0 Å². The molecule has 3 N–H and O–H groups in total. The first-order valence-corrected chi connectivity index (χ1v) is 8.08. The number of carbonyl (C=O) groups is 1. The van der Waals surface area contributed by atoms with Gasteiger partial charge in [0.25, 0.3) is 5.91 Å². The third-order valence-corrected chi connectivity index (χ3v) is 3.76. The highest BCUT2D eigenvalue weighted by Gasteiger charge is 2.38. The second kappa shape index (κ2) is 9.35. The smallest absolute Gasteiger partial charge is 0.387 e. The first-order chi connectivity index (χ1) is 12.4. The zero-order chi connectivity index (χ0) is 19.0. The number of carbonyl (C=O) groups excluding carboxylic acids is 1. The first-order valence-electron chi connectivity index (χ1n) is 8.08. The van der Waals surface area contributed by atoms with E-state index in [1.807, 2.05) is 18.5 Å². The van der Waals surface area contributed by atoms with Gasteiger partial charge < -0.3 is 15.8 Å². The van der Waals surface area contributed by atoms with E-state index < -0.39 is 23.2 Å². The number of nitrogens with one attached hydrogen (secondary N) is 1. The minimum absolute atomic E-state index is 0.0472. The van der Waals surface area contributed by atoms with E-state index >= 15 is 0 Å². The second-order valence-corrected chi connectivity index (χ2v) is 5.70. The van der Waals surface area contributed by atoms with Crippen LogP contribution in [0, 0.1) is 0 Å². The molecule has 0 saturated carbocycles. The quantitative estimate of drug-likeness (QED) is 0.840. The summed E-state index contributed by atoms with van der Waals surface area (Å²) in [5.41, 5.74) is 4.55. The molecular weight excluding hydrogens is 349 g/mol. The Labute approximate surface area is 149 Å². The molecule has 3 heterocycles. The molecule has 6 nitrogen and oxygen atoms in total. The lowest BCUT2D eigenvalue weighted by Gasteiger charge is -2.26. The summed E-state index contributed by atoms with van der Waals surface area (Å²) >= 11 is 0. The van der Waals surface area contributed by atoms with Crippen LogP contribution in [0.3, 0.4) is 0 Å². The van der Waals surface area contributed by atoms with E-state index in [-0.39, 0.29) is 6.54 Å². The number of nitrogens with two attached hydrogens (primary N) is 1. The molecule has 2 aliphatic rings. The van der Waals surface area contributed by atoms with E-state index in [2.05, 4.69) is 21.3 Å². The third kappa shape index (κ3) is 6.16. The standard InChI is InChI=1S/C10H14N2O.C7H7F3N2O/c1-2-10(8-11-3-1)9-12-4-6-13-7-5-12;8-7(9,10)5-1-2-12-3-4(5)6(11)13/h1-3,8H,4-7,9H2;1,3,12H,2H2,(H2,11,13). The van der Waals surface area contributed by atoms with Crippen LogP contribution >= 0.6 is 0 Å². The third-order valence-electron chi connectivity index (χ3n) is 3.76. The Morgan fingerprint density at radius 2 is 2.08 bits per heavy atom. The highest BCUT2D eigenvalue weighted by atomic mass is 19.4. The van der Waals surface area contributed by atoms with Crippen molar-refractivity contribution in [2.24, 2.45) is 5.73 Å². The largest absolute Gasteiger partial charge is 0.416 e. The van der Waals surface area contributed by atoms with Crippen LogP contribution in [-0.4, -0.2) is 54.8 Å². The van der Waals surface area contributed by atoms with Crippen LogP contribution in [0.4, 0.5) is 13.2 Å². The van der Waals surface area contributed by atoms with E-state index in [9.17, 15) is 18.0 Å². The molecule has 0 aromatic carbocycles. The number of dihydropyridines is 1. The van der Waals surface area contributed by atoms with Crippen LogP contribution in [0.15, 0.2) is 47.9 Å². The number of nitrogens with zero attached hydrogens (tertiary/aromatic N) is 2. The molecule has 0 bridgehead atoms. The zero-order valence-electron chi connectivity index (χ0n) is 14.1. The number of ether oxygens (including phenoxy) is 1. The Hall–Kier alpha value is -2.39. The molecule has 1 saturated heterocycles. The molecule has 2 aliphatic heterocycles. The van der Waals surface area contributed by atoms with E-state index in [4.69, 9.17) is 10.5 Å². The molecule has 0 unspecified atom stereocenters. The minimum Gasteiger partial charge on any atom is -0.387 e. The highest BCUT2D eigenvalue weighted by molar-refractivity contribution is 5.97. The van der Waals surface area contributed by atoms with Gasteiger partial charge in [0.2, 0.25) is 0 Å². The van der Waals surface area contributed by atoms with Crippen molar-refractivity contribution in [2.45, 2.75) is 12.7 Å². The lowest BCUT2D eigenvalue weighted by Crippen LogP contribution is -2.35. The Bertz CT molecular complexity index is 654. The number of alkyl halides is 3. The van der Waals surface area contributed by atoms with Crippen LogP contribution in [0.25, 0.3) is 0 Å². The maximum absolute atomic E-state index is 12.2. The number of rotatable bonds is 3. The predicted molar refractivity (Wildman–Crippen MR) is 89.8 cm³/mol. The fourth-order valence-electron chi connectivity index (χ4n) is 2.49. The van der Waals surface area contributed by atoms with E-state index in [0.29, 0.717) is 0 Å². The maximum atomic E-state index is 12.2. The molecule has 26 heavy (non-hydrogen) atoms. The second-order valence-electron chi connectivity index (χ2n) is 5.70. The van der Waals surface area contributed by atoms with Gasteiger partial charge in [0.1, 0.15) is 0 Å². The van der Waals surface area contributed by atoms with E-state index in [0.717, 1.165) is 45.1 Å². The maximum Gasteiger partial charge on any atom is 0.416 e. The molecular formula is C17H21F3N4O2. The molecule has 142 valence electrons. The Balaban J connectivity index is 0.000000187. The number of primary amides is 1. The van der Waals surface area contributed by atoms with Crippen molar-refractivity contribution >= 4 is 5.91 Å². The first kappa shape index (κ1) is 19.9. The topological polar surface area (TPSA) is 80.5 Å². The Kier molecular flexibility index (Phi) is 7.16. The van der Waals surface area contributed by atoms with Gasteiger partial charge in [-0.25, -0.2) is 0 Å². The fourth-order valence-corrected chi connectivity index (χ4v) is 2.49. The van der Waals surface area contributed by atoms with Gasteiger partial charge in [-0.05, 0) is 11.6 Å². The molecule has 0 aliphatic carbocycles. The molecule has 1 aromatic heterocycles. The number of aromatic nitrogens is 1. The molecule has 0 atom stereocenters. The van der Waals surface area contributed by atoms with Gasteiger partial charge in [0, 0.05) is 44.8 Å². The normalized spacial score (nSPS) is 18.0. The monoisotopic (exact) mass is 370 g/mol. The molecule has 3 rings (SSSR count). The predicted octanol–water partition coefficient (Wildman–Crippen LogP) is 1.36. The summed E-state index contributed by atoms with van der Waals surface area (Å²) in [4.78, 5) is 17.1. The SMILES string of the molecule is NC(=O)C1=CNCC=C1C(F)(F)F.c1cncc(CN2CCOCC2)c1. The molecule has 9 heteroatoms. The van der Waals surface area contributed by atoms with Crippen LogP contribution in [0.1, 0.15) is 5.56 Å². The van der Waals surface area contributed by atoms with Gasteiger partial charge in [0.05, 0.1) is 24.4 Å². The van der Waals surface area contributed by atoms with Crippen molar-refractivity contribution in [3.63, 3.8) is 0 Å². The van der Waals surface area contributed by atoms with E-state index in [1.54, 1.807) is 0 Å². The van der Waals surface area contributed by atoms with Crippen molar-refractivity contribution in [1.82, 2.24) is 15.2 Å². The average Bonchev–Trinajstić information content (AvgIpc) is 2.63. The number of hydrogen-bond donors (Lipinski definition) is 2. The fraction of sp³-hybridized carbons (Fsp3) is 0.412. The minimum atomic E-state index is -4.52. The molecule has 0 radical (unpaired) electrons. The number of pyridine rings is 1. The number of hydrogen-bond acceptors (Lipinski definition) is 5. The number of amides is 1. The van der Waals surface area contributed by atoms with E-state index in [1.165, 1.54) is 5.56 Å². The molecule has 1 amide bonds. The number of halogens is 3. The summed E-state index contributed by atoms with van der Waals surface area (Å²) in [6, 6.07) is 4.10. The summed E-state index contributed by atoms with van der Waals surface area (Å²) in [6.45, 7) is 4.84. The summed E-state index contributed by atoms with van der Waals surface area (Å²) in [5, 5.41) is 2.48. The molecule has 1 aromatic rings. The molecule has 0 spiro atoms. The van der Waals surface area contributed by atoms with Crippen LogP contribution < -0.4 is 11.1 Å². The summed E-state index contributed by atoms with van der Waals surface area (Å²) in [5.74, 6) is -1.09. The van der Waals surface area contributed by atoms with Crippen LogP contribution in [0.5, 0.6) is 0 Å². The zero-order valence-corrected chi connectivity index (χ0v) is 14.1. The highest BCUT2D eigenvalue weighted by Crippen LogP contribution is 2.31. The Morgan fingerprint density at radius 3 is 2.62 bits per heavy atom. The summed E-state index contributed by atoms with van der Waals surface area (Å²) in [6.07, 6.45) is 1.08. The van der Waals surface area contributed by atoms with Crippen LogP contribution in [0.2, 0.25) is 0 Å².